The third-order valence-electron chi connectivity index (χ3n) is 5.18. The number of amides is 1. The van der Waals surface area contributed by atoms with Crippen LogP contribution in [-0.2, 0) is 4.79 Å². The second kappa shape index (κ2) is 7.63. The fourth-order valence-corrected chi connectivity index (χ4v) is 4.47. The number of carbonyl (C=O) groups is 1. The van der Waals surface area contributed by atoms with Crippen LogP contribution in [0.4, 0.5) is 4.39 Å². The highest BCUT2D eigenvalue weighted by atomic mass is 32.2. The van der Waals surface area contributed by atoms with E-state index < -0.39 is 5.25 Å². The van der Waals surface area contributed by atoms with Crippen LogP contribution in [0.2, 0.25) is 0 Å². The fourth-order valence-electron chi connectivity index (χ4n) is 3.36. The highest BCUT2D eigenvalue weighted by molar-refractivity contribution is 8.00. The van der Waals surface area contributed by atoms with Gasteiger partial charge in [-0.25, -0.2) is 4.39 Å². The lowest BCUT2D eigenvalue weighted by atomic mass is 10.1. The second-order valence-electron chi connectivity index (χ2n) is 7.58. The number of hydrogen-bond donors (Lipinski definition) is 1. The van der Waals surface area contributed by atoms with Crippen molar-refractivity contribution in [2.75, 3.05) is 0 Å². The minimum Gasteiger partial charge on any atom is -0.352 e. The number of aromatic nitrogens is 3. The number of halogens is 1. The van der Waals surface area contributed by atoms with Crippen molar-refractivity contribution in [3.8, 4) is 11.4 Å². The van der Waals surface area contributed by atoms with Gasteiger partial charge in [-0.2, -0.15) is 0 Å². The van der Waals surface area contributed by atoms with Crippen LogP contribution in [0.15, 0.2) is 59.8 Å². The first-order valence-electron chi connectivity index (χ1n) is 9.92. The van der Waals surface area contributed by atoms with Gasteiger partial charge in [0.1, 0.15) is 11.1 Å². The Morgan fingerprint density at radius 1 is 1.03 bits per heavy atom. The van der Waals surface area contributed by atoms with Crippen molar-refractivity contribution in [1.29, 1.82) is 0 Å². The molecule has 2 saturated carbocycles. The number of benzene rings is 2. The van der Waals surface area contributed by atoms with Crippen molar-refractivity contribution < 1.29 is 9.18 Å². The minimum atomic E-state index is -0.424. The van der Waals surface area contributed by atoms with Crippen LogP contribution >= 0.6 is 11.8 Å². The summed E-state index contributed by atoms with van der Waals surface area (Å²) in [5, 5.41) is 12.0. The molecule has 2 aromatic carbocycles. The van der Waals surface area contributed by atoms with Crippen LogP contribution in [0.5, 0.6) is 0 Å². The van der Waals surface area contributed by atoms with E-state index in [0.717, 1.165) is 31.2 Å². The Morgan fingerprint density at radius 3 is 2.45 bits per heavy atom. The molecular weight excluding hydrogens is 387 g/mol. The molecule has 1 amide bonds. The van der Waals surface area contributed by atoms with Crippen LogP contribution < -0.4 is 5.32 Å². The monoisotopic (exact) mass is 408 g/mol. The van der Waals surface area contributed by atoms with E-state index in [9.17, 15) is 9.18 Å². The van der Waals surface area contributed by atoms with E-state index >= 15 is 0 Å². The fraction of sp³-hybridized carbons (Fsp3) is 0.318. The molecule has 1 atom stereocenters. The number of rotatable bonds is 7. The van der Waals surface area contributed by atoms with Gasteiger partial charge in [0.2, 0.25) is 5.91 Å². The Balaban J connectivity index is 1.50. The number of nitrogens with zero attached hydrogens (tertiary/aromatic N) is 3. The molecule has 0 radical (unpaired) electrons. The molecule has 0 bridgehead atoms. The SMILES string of the molecule is O=C(NC1CC1)[C@@H](Sc1nnc(-c2ccccc2F)n1C1CC1)c1ccccc1. The second-order valence-corrected chi connectivity index (χ2v) is 8.65. The number of thioether (sulfide) groups is 1. The Bertz CT molecular complexity index is 1030. The summed E-state index contributed by atoms with van der Waals surface area (Å²) in [6.07, 6.45) is 4.09. The van der Waals surface area contributed by atoms with Crippen molar-refractivity contribution in [1.82, 2.24) is 20.1 Å². The summed E-state index contributed by atoms with van der Waals surface area (Å²) in [6.45, 7) is 0. The Labute approximate surface area is 172 Å². The topological polar surface area (TPSA) is 59.8 Å². The van der Waals surface area contributed by atoms with E-state index in [1.807, 2.05) is 34.9 Å². The van der Waals surface area contributed by atoms with E-state index in [1.54, 1.807) is 18.2 Å². The largest absolute Gasteiger partial charge is 0.352 e. The maximum absolute atomic E-state index is 14.4. The predicted octanol–water partition coefficient (Wildman–Crippen LogP) is 4.53. The van der Waals surface area contributed by atoms with Crippen molar-refractivity contribution in [2.24, 2.45) is 0 Å². The molecule has 1 aromatic heterocycles. The van der Waals surface area contributed by atoms with Crippen molar-refractivity contribution in [3.05, 3.63) is 66.0 Å². The molecule has 0 saturated heterocycles. The van der Waals surface area contributed by atoms with Gasteiger partial charge in [0.25, 0.3) is 0 Å². The van der Waals surface area contributed by atoms with E-state index in [-0.39, 0.29) is 23.8 Å². The molecule has 148 valence electrons. The van der Waals surface area contributed by atoms with Crippen LogP contribution in [0.1, 0.15) is 42.5 Å². The highest BCUT2D eigenvalue weighted by Crippen LogP contribution is 2.44. The smallest absolute Gasteiger partial charge is 0.238 e. The normalized spacial score (nSPS) is 17.1. The highest BCUT2D eigenvalue weighted by Gasteiger charge is 2.34. The predicted molar refractivity (Wildman–Crippen MR) is 110 cm³/mol. The molecule has 2 aliphatic carbocycles. The van der Waals surface area contributed by atoms with Crippen LogP contribution in [0.25, 0.3) is 11.4 Å². The molecular formula is C22H21FN4OS. The maximum Gasteiger partial charge on any atom is 0.238 e. The average Bonchev–Trinajstić information content (AvgIpc) is 3.67. The van der Waals surface area contributed by atoms with Gasteiger partial charge >= 0.3 is 0 Å². The molecule has 0 aliphatic heterocycles. The van der Waals surface area contributed by atoms with Gasteiger partial charge in [0.15, 0.2) is 11.0 Å². The number of hydrogen-bond acceptors (Lipinski definition) is 4. The minimum absolute atomic E-state index is 0.0125. The average molecular weight is 409 g/mol. The molecule has 1 heterocycles. The van der Waals surface area contributed by atoms with Gasteiger partial charge in [-0.3, -0.25) is 9.36 Å². The standard InChI is InChI=1S/C22H21FN4OS/c23-18-9-5-4-8-17(18)20-25-26-22(27(20)16-12-13-16)29-19(14-6-2-1-3-7-14)21(28)24-15-10-11-15/h1-9,15-16,19H,10-13H2,(H,24,28)/t19-/m0/s1. The summed E-state index contributed by atoms with van der Waals surface area (Å²) < 4.78 is 16.4. The molecule has 5 rings (SSSR count). The molecule has 1 N–H and O–H groups in total. The molecule has 0 spiro atoms. The first kappa shape index (κ1) is 18.4. The number of nitrogens with one attached hydrogen (secondary N) is 1. The maximum atomic E-state index is 14.4. The summed E-state index contributed by atoms with van der Waals surface area (Å²) in [5.74, 6) is 0.202. The molecule has 7 heteroatoms. The zero-order chi connectivity index (χ0) is 19.8. The van der Waals surface area contributed by atoms with Gasteiger partial charge in [0.05, 0.1) is 5.56 Å². The summed E-state index contributed by atoms with van der Waals surface area (Å²) in [5.41, 5.74) is 1.37. The lowest BCUT2D eigenvalue weighted by molar-refractivity contribution is -0.120. The Kier molecular flexibility index (Phi) is 4.83. The van der Waals surface area contributed by atoms with Crippen molar-refractivity contribution in [2.45, 2.75) is 48.2 Å². The van der Waals surface area contributed by atoms with Gasteiger partial charge < -0.3 is 5.32 Å². The first-order chi connectivity index (χ1) is 14.2. The van der Waals surface area contributed by atoms with Gasteiger partial charge in [-0.05, 0) is 43.4 Å². The molecule has 2 fully saturated rings. The number of carbonyl (C=O) groups excluding carboxylic acids is 1. The quantitative estimate of drug-likeness (QED) is 0.584. The summed E-state index contributed by atoms with van der Waals surface area (Å²) in [6, 6.07) is 16.9. The summed E-state index contributed by atoms with van der Waals surface area (Å²) in [7, 11) is 0. The van der Waals surface area contributed by atoms with Crippen LogP contribution in [-0.4, -0.2) is 26.7 Å². The first-order valence-corrected chi connectivity index (χ1v) is 10.8. The summed E-state index contributed by atoms with van der Waals surface area (Å²) in [4.78, 5) is 13.0. The molecule has 5 nitrogen and oxygen atoms in total. The van der Waals surface area contributed by atoms with Crippen LogP contribution in [0.3, 0.4) is 0 Å². The van der Waals surface area contributed by atoms with Crippen molar-refractivity contribution in [3.63, 3.8) is 0 Å². The van der Waals surface area contributed by atoms with E-state index in [4.69, 9.17) is 0 Å². The van der Waals surface area contributed by atoms with E-state index in [1.165, 1.54) is 17.8 Å². The molecule has 2 aliphatic rings. The van der Waals surface area contributed by atoms with Crippen LogP contribution in [0, 0.1) is 5.82 Å². The van der Waals surface area contributed by atoms with Gasteiger partial charge in [0, 0.05) is 12.1 Å². The van der Waals surface area contributed by atoms with Crippen molar-refractivity contribution >= 4 is 17.7 Å². The third kappa shape index (κ3) is 3.92. The zero-order valence-electron chi connectivity index (χ0n) is 15.8. The lowest BCUT2D eigenvalue weighted by Crippen LogP contribution is -2.30. The zero-order valence-corrected chi connectivity index (χ0v) is 16.6. The molecule has 29 heavy (non-hydrogen) atoms. The van der Waals surface area contributed by atoms with Gasteiger partial charge in [-0.1, -0.05) is 54.2 Å². The molecule has 3 aromatic rings. The third-order valence-corrected chi connectivity index (χ3v) is 6.39. The van der Waals surface area contributed by atoms with E-state index in [0.29, 0.717) is 16.5 Å². The Morgan fingerprint density at radius 2 is 1.76 bits per heavy atom. The lowest BCUT2D eigenvalue weighted by Gasteiger charge is -2.17. The summed E-state index contributed by atoms with van der Waals surface area (Å²) >= 11 is 1.39. The Hall–Kier alpha value is -2.67. The van der Waals surface area contributed by atoms with E-state index in [2.05, 4.69) is 15.5 Å². The molecule has 0 unspecified atom stereocenters. The van der Waals surface area contributed by atoms with Gasteiger partial charge in [-0.15, -0.1) is 10.2 Å².